The number of benzene rings is 1. The van der Waals surface area contributed by atoms with Crippen LogP contribution in [0.4, 0.5) is 5.95 Å². The van der Waals surface area contributed by atoms with Crippen molar-refractivity contribution in [3.63, 3.8) is 0 Å². The number of aromatic nitrogens is 4. The van der Waals surface area contributed by atoms with Gasteiger partial charge in [-0.3, -0.25) is 14.7 Å². The molecular weight excluding hydrogens is 364 g/mol. The summed E-state index contributed by atoms with van der Waals surface area (Å²) in [7, 11) is 0. The third-order valence-corrected chi connectivity index (χ3v) is 5.48. The van der Waals surface area contributed by atoms with Crippen LogP contribution in [0.15, 0.2) is 35.3 Å². The number of rotatable bonds is 5. The lowest BCUT2D eigenvalue weighted by Gasteiger charge is -2.27. The molecule has 3 aromatic rings. The zero-order valence-electron chi connectivity index (χ0n) is 17.5. The maximum atomic E-state index is 12.5. The van der Waals surface area contributed by atoms with Crippen molar-refractivity contribution in [1.29, 1.82) is 0 Å². The van der Waals surface area contributed by atoms with Gasteiger partial charge in [0.15, 0.2) is 5.65 Å². The first-order chi connectivity index (χ1) is 13.9. The molecule has 1 aliphatic rings. The van der Waals surface area contributed by atoms with E-state index in [1.807, 2.05) is 20.8 Å². The van der Waals surface area contributed by atoms with Crippen molar-refractivity contribution in [2.24, 2.45) is 0 Å². The van der Waals surface area contributed by atoms with Crippen LogP contribution < -0.4 is 10.9 Å². The molecule has 0 unspecified atom stereocenters. The van der Waals surface area contributed by atoms with Gasteiger partial charge >= 0.3 is 0 Å². The number of hydrogen-bond donors (Lipinski definition) is 2. The van der Waals surface area contributed by atoms with E-state index in [1.54, 1.807) is 10.9 Å². The number of H-pyrrole nitrogens is 1. The minimum Gasteiger partial charge on any atom is -0.352 e. The van der Waals surface area contributed by atoms with Gasteiger partial charge in [0.25, 0.3) is 5.56 Å². The molecule has 154 valence electrons. The van der Waals surface area contributed by atoms with Crippen LogP contribution in [0.3, 0.4) is 0 Å². The lowest BCUT2D eigenvalue weighted by Crippen LogP contribution is -2.29. The van der Waals surface area contributed by atoms with Gasteiger partial charge in [-0.2, -0.15) is 10.1 Å². The van der Waals surface area contributed by atoms with Gasteiger partial charge in [-0.25, -0.2) is 4.68 Å². The van der Waals surface area contributed by atoms with Crippen molar-refractivity contribution in [1.82, 2.24) is 24.6 Å². The van der Waals surface area contributed by atoms with Crippen LogP contribution >= 0.6 is 0 Å². The minimum absolute atomic E-state index is 0.172. The van der Waals surface area contributed by atoms with Crippen molar-refractivity contribution < 1.29 is 0 Å². The van der Waals surface area contributed by atoms with Crippen molar-refractivity contribution in [3.05, 3.63) is 51.9 Å². The lowest BCUT2D eigenvalue weighted by molar-refractivity contribution is 0.220. The summed E-state index contributed by atoms with van der Waals surface area (Å²) in [6.07, 6.45) is 5.50. The summed E-state index contributed by atoms with van der Waals surface area (Å²) in [4.78, 5) is 22.5. The number of hydrogen-bond acceptors (Lipinski definition) is 5. The van der Waals surface area contributed by atoms with Gasteiger partial charge in [0.2, 0.25) is 5.95 Å². The molecule has 1 aromatic carbocycles. The summed E-state index contributed by atoms with van der Waals surface area (Å²) in [5.41, 5.74) is 2.73. The van der Waals surface area contributed by atoms with E-state index < -0.39 is 0 Å². The Morgan fingerprint density at radius 3 is 2.55 bits per heavy atom. The number of fused-ring (bicyclic) bond motifs is 1. The van der Waals surface area contributed by atoms with Gasteiger partial charge in [-0.1, -0.05) is 30.7 Å². The maximum Gasteiger partial charge on any atom is 0.263 e. The summed E-state index contributed by atoms with van der Waals surface area (Å²) < 4.78 is 1.80. The molecule has 29 heavy (non-hydrogen) atoms. The molecule has 2 N–H and O–H groups in total. The van der Waals surface area contributed by atoms with Crippen LogP contribution in [0.1, 0.15) is 51.2 Å². The quantitative estimate of drug-likeness (QED) is 0.693. The molecule has 0 aliphatic carbocycles. The molecule has 0 saturated carbocycles. The number of likely N-dealkylation sites (tertiary alicyclic amines) is 1. The van der Waals surface area contributed by atoms with Crippen LogP contribution in [0.5, 0.6) is 0 Å². The second kappa shape index (κ2) is 7.99. The highest BCUT2D eigenvalue weighted by atomic mass is 16.1. The fourth-order valence-corrected chi connectivity index (χ4v) is 3.91. The van der Waals surface area contributed by atoms with E-state index in [-0.39, 0.29) is 11.1 Å². The highest BCUT2D eigenvalue weighted by molar-refractivity contribution is 5.74. The van der Waals surface area contributed by atoms with Gasteiger partial charge in [-0.15, -0.1) is 0 Å². The molecule has 0 radical (unpaired) electrons. The summed E-state index contributed by atoms with van der Waals surface area (Å²) in [5, 5.41) is 8.19. The Balaban J connectivity index is 1.55. The number of piperidine rings is 1. The zero-order valence-corrected chi connectivity index (χ0v) is 17.5. The largest absolute Gasteiger partial charge is 0.352 e. The Bertz CT molecular complexity index is 1040. The standard InChI is InChI=1S/C22H30N6O/c1-22(2,3)28-19-18(14-24-28)20(29)26-21(25-19)23-13-16-9-5-6-10-17(16)15-27-11-7-4-8-12-27/h5-6,9-10,14H,4,7-8,11-13,15H2,1-3H3,(H2,23,25,26,29). The van der Waals surface area contributed by atoms with E-state index in [2.05, 4.69) is 49.5 Å². The zero-order chi connectivity index (χ0) is 20.4. The third kappa shape index (κ3) is 4.34. The Kier molecular flexibility index (Phi) is 5.41. The molecule has 7 nitrogen and oxygen atoms in total. The predicted octanol–water partition coefficient (Wildman–Crippen LogP) is 3.47. The van der Waals surface area contributed by atoms with Gasteiger partial charge < -0.3 is 5.32 Å². The Labute approximate surface area is 171 Å². The molecule has 1 saturated heterocycles. The predicted molar refractivity (Wildman–Crippen MR) is 116 cm³/mol. The molecule has 3 heterocycles. The molecule has 0 spiro atoms. The van der Waals surface area contributed by atoms with Crippen molar-refractivity contribution in [3.8, 4) is 0 Å². The highest BCUT2D eigenvalue weighted by Gasteiger charge is 2.20. The van der Waals surface area contributed by atoms with Gasteiger partial charge in [-0.05, 0) is 57.8 Å². The van der Waals surface area contributed by atoms with Crippen LogP contribution in [0.25, 0.3) is 11.0 Å². The first kappa shape index (κ1) is 19.6. The van der Waals surface area contributed by atoms with Crippen LogP contribution in [0, 0.1) is 0 Å². The molecule has 0 bridgehead atoms. The van der Waals surface area contributed by atoms with E-state index in [9.17, 15) is 4.79 Å². The number of nitrogens with zero attached hydrogens (tertiary/aromatic N) is 4. The van der Waals surface area contributed by atoms with Crippen molar-refractivity contribution >= 4 is 17.0 Å². The van der Waals surface area contributed by atoms with Gasteiger partial charge in [0, 0.05) is 13.1 Å². The number of anilines is 1. The summed E-state index contributed by atoms with van der Waals surface area (Å²) >= 11 is 0. The maximum absolute atomic E-state index is 12.5. The second-order valence-corrected chi connectivity index (χ2v) is 8.84. The van der Waals surface area contributed by atoms with E-state index >= 15 is 0 Å². The smallest absolute Gasteiger partial charge is 0.263 e. The number of aromatic amines is 1. The topological polar surface area (TPSA) is 78.8 Å². The van der Waals surface area contributed by atoms with Crippen molar-refractivity contribution in [2.75, 3.05) is 18.4 Å². The van der Waals surface area contributed by atoms with Crippen LogP contribution in [-0.4, -0.2) is 37.7 Å². The van der Waals surface area contributed by atoms with E-state index in [1.165, 1.54) is 43.5 Å². The average Bonchev–Trinajstić information content (AvgIpc) is 3.13. The fourth-order valence-electron chi connectivity index (χ4n) is 3.91. The first-order valence-electron chi connectivity index (χ1n) is 10.4. The molecule has 0 atom stereocenters. The lowest BCUT2D eigenvalue weighted by atomic mass is 10.0. The van der Waals surface area contributed by atoms with E-state index in [4.69, 9.17) is 0 Å². The molecule has 0 amide bonds. The molecule has 7 heteroatoms. The second-order valence-electron chi connectivity index (χ2n) is 8.84. The van der Waals surface area contributed by atoms with Crippen LogP contribution in [-0.2, 0) is 18.6 Å². The summed E-state index contributed by atoms with van der Waals surface area (Å²) in [6, 6.07) is 8.49. The Hall–Kier alpha value is -2.67. The van der Waals surface area contributed by atoms with E-state index in [0.717, 1.165) is 6.54 Å². The first-order valence-corrected chi connectivity index (χ1v) is 10.4. The average molecular weight is 395 g/mol. The third-order valence-electron chi connectivity index (χ3n) is 5.48. The van der Waals surface area contributed by atoms with E-state index in [0.29, 0.717) is 23.5 Å². The Morgan fingerprint density at radius 2 is 1.83 bits per heavy atom. The normalized spacial score (nSPS) is 15.7. The summed E-state index contributed by atoms with van der Waals surface area (Å²) in [5.74, 6) is 0.473. The molecule has 1 fully saturated rings. The molecule has 1 aliphatic heterocycles. The molecule has 2 aromatic heterocycles. The minimum atomic E-state index is -0.249. The van der Waals surface area contributed by atoms with Gasteiger partial charge in [0.1, 0.15) is 5.39 Å². The van der Waals surface area contributed by atoms with Crippen molar-refractivity contribution in [2.45, 2.75) is 58.7 Å². The monoisotopic (exact) mass is 394 g/mol. The molecular formula is C22H30N6O. The SMILES string of the molecule is CC(C)(C)n1ncc2c(=O)[nH]c(NCc3ccccc3CN3CCCCC3)nc21. The van der Waals surface area contributed by atoms with Gasteiger partial charge in [0.05, 0.1) is 11.7 Å². The Morgan fingerprint density at radius 1 is 1.10 bits per heavy atom. The van der Waals surface area contributed by atoms with Crippen LogP contribution in [0.2, 0.25) is 0 Å². The summed E-state index contributed by atoms with van der Waals surface area (Å²) in [6.45, 7) is 10.1. The highest BCUT2D eigenvalue weighted by Crippen LogP contribution is 2.20. The fraction of sp³-hybridized carbons (Fsp3) is 0.500. The number of nitrogens with one attached hydrogen (secondary N) is 2. The molecule has 4 rings (SSSR count).